The van der Waals surface area contributed by atoms with Gasteiger partial charge in [-0.3, -0.25) is 4.79 Å². The van der Waals surface area contributed by atoms with E-state index < -0.39 is 12.0 Å². The van der Waals surface area contributed by atoms with Crippen LogP contribution in [0.25, 0.3) is 0 Å². The Bertz CT molecular complexity index is 446. The van der Waals surface area contributed by atoms with Crippen LogP contribution >= 0.6 is 15.9 Å². The molecular weight excluding hydrogens is 298 g/mol. The molecule has 1 aromatic carbocycles. The van der Waals surface area contributed by atoms with Crippen LogP contribution in [-0.4, -0.2) is 24.2 Å². The zero-order valence-electron chi connectivity index (χ0n) is 10.7. The Morgan fingerprint density at radius 3 is 2.56 bits per heavy atom. The van der Waals surface area contributed by atoms with Gasteiger partial charge in [-0.15, -0.1) is 0 Å². The molecule has 3 N–H and O–H groups in total. The van der Waals surface area contributed by atoms with E-state index in [2.05, 4.69) is 29.8 Å². The summed E-state index contributed by atoms with van der Waals surface area (Å²) in [7, 11) is 1.59. The van der Waals surface area contributed by atoms with Gasteiger partial charge in [0, 0.05) is 0 Å². The van der Waals surface area contributed by atoms with E-state index >= 15 is 0 Å². The summed E-state index contributed by atoms with van der Waals surface area (Å²) in [5, 5.41) is 8.87. The van der Waals surface area contributed by atoms with Gasteiger partial charge in [-0.1, -0.05) is 19.9 Å². The molecule has 0 radical (unpaired) electrons. The first-order chi connectivity index (χ1) is 8.36. The van der Waals surface area contributed by atoms with E-state index in [0.717, 1.165) is 15.6 Å². The van der Waals surface area contributed by atoms with Crippen LogP contribution < -0.4 is 10.5 Å². The molecule has 4 nitrogen and oxygen atoms in total. The normalized spacial score (nSPS) is 12.6. The van der Waals surface area contributed by atoms with Crippen molar-refractivity contribution in [2.45, 2.75) is 32.2 Å². The summed E-state index contributed by atoms with van der Waals surface area (Å²) in [5.41, 5.74) is 7.53. The van der Waals surface area contributed by atoms with Gasteiger partial charge < -0.3 is 15.6 Å². The maximum Gasteiger partial charge on any atom is 0.320 e. The standard InChI is InChI=1S/C13H18BrNO3/c1-7(2)8-4-9(5-10(15)13(16)17)12(14)11(6-8)18-3/h4,6-7,10H,5,15H2,1-3H3,(H,16,17). The minimum atomic E-state index is -1.00. The van der Waals surface area contributed by atoms with Crippen molar-refractivity contribution in [2.24, 2.45) is 5.73 Å². The molecule has 1 aromatic rings. The number of methoxy groups -OCH3 is 1. The van der Waals surface area contributed by atoms with Crippen LogP contribution in [0.4, 0.5) is 0 Å². The highest BCUT2D eigenvalue weighted by Gasteiger charge is 2.17. The lowest BCUT2D eigenvalue weighted by atomic mass is 9.97. The number of hydrogen-bond acceptors (Lipinski definition) is 3. The molecule has 0 saturated carbocycles. The summed E-state index contributed by atoms with van der Waals surface area (Å²) in [6.45, 7) is 4.15. The number of carboxylic acid groups (broad SMARTS) is 1. The number of carboxylic acids is 1. The van der Waals surface area contributed by atoms with Gasteiger partial charge in [-0.2, -0.15) is 0 Å². The molecule has 0 aliphatic heterocycles. The minimum absolute atomic E-state index is 0.271. The lowest BCUT2D eigenvalue weighted by molar-refractivity contribution is -0.138. The molecule has 1 atom stereocenters. The number of halogens is 1. The second-order valence-electron chi connectivity index (χ2n) is 4.50. The summed E-state index contributed by atoms with van der Waals surface area (Å²) in [4.78, 5) is 10.8. The van der Waals surface area contributed by atoms with Crippen molar-refractivity contribution in [1.82, 2.24) is 0 Å². The Labute approximate surface area is 115 Å². The van der Waals surface area contributed by atoms with Crippen molar-refractivity contribution < 1.29 is 14.6 Å². The van der Waals surface area contributed by atoms with Gasteiger partial charge in [0.05, 0.1) is 11.6 Å². The molecule has 1 rings (SSSR count). The molecule has 0 bridgehead atoms. The fraction of sp³-hybridized carbons (Fsp3) is 0.462. The molecule has 5 heteroatoms. The first-order valence-electron chi connectivity index (χ1n) is 5.71. The van der Waals surface area contributed by atoms with Crippen molar-refractivity contribution in [3.63, 3.8) is 0 Å². The zero-order valence-corrected chi connectivity index (χ0v) is 12.3. The highest BCUT2D eigenvalue weighted by atomic mass is 79.9. The zero-order chi connectivity index (χ0) is 13.9. The third-order valence-corrected chi connectivity index (χ3v) is 3.68. The minimum Gasteiger partial charge on any atom is -0.496 e. The van der Waals surface area contributed by atoms with Crippen molar-refractivity contribution >= 4 is 21.9 Å². The summed E-state index contributed by atoms with van der Waals surface area (Å²) in [5.74, 6) is 0.0383. The van der Waals surface area contributed by atoms with Crippen molar-refractivity contribution in [2.75, 3.05) is 7.11 Å². The predicted molar refractivity (Wildman–Crippen MR) is 74.1 cm³/mol. The van der Waals surface area contributed by atoms with Crippen molar-refractivity contribution in [3.05, 3.63) is 27.7 Å². The highest BCUT2D eigenvalue weighted by Crippen LogP contribution is 2.33. The van der Waals surface area contributed by atoms with Gasteiger partial charge in [-0.05, 0) is 45.5 Å². The Morgan fingerprint density at radius 1 is 1.50 bits per heavy atom. The molecule has 0 fully saturated rings. The van der Waals surface area contributed by atoms with Gasteiger partial charge in [0.1, 0.15) is 11.8 Å². The van der Waals surface area contributed by atoms with Crippen molar-refractivity contribution in [1.29, 1.82) is 0 Å². The molecule has 0 spiro atoms. The smallest absolute Gasteiger partial charge is 0.320 e. The van der Waals surface area contributed by atoms with Crippen LogP contribution in [0.15, 0.2) is 16.6 Å². The van der Waals surface area contributed by atoms with Crippen LogP contribution in [0, 0.1) is 0 Å². The summed E-state index contributed by atoms with van der Waals surface area (Å²) in [6, 6.07) is 3.01. The molecule has 0 aliphatic rings. The van der Waals surface area contributed by atoms with E-state index in [0.29, 0.717) is 11.7 Å². The van der Waals surface area contributed by atoms with Crippen LogP contribution in [0.5, 0.6) is 5.75 Å². The van der Waals surface area contributed by atoms with E-state index in [9.17, 15) is 4.79 Å². The monoisotopic (exact) mass is 315 g/mol. The van der Waals surface area contributed by atoms with Gasteiger partial charge in [0.25, 0.3) is 0 Å². The van der Waals surface area contributed by atoms with E-state index in [1.165, 1.54) is 0 Å². The Balaban J connectivity index is 3.16. The number of aliphatic carboxylic acids is 1. The molecule has 100 valence electrons. The van der Waals surface area contributed by atoms with Crippen LogP contribution in [0.3, 0.4) is 0 Å². The Kier molecular flexibility index (Phi) is 5.16. The largest absolute Gasteiger partial charge is 0.496 e. The molecule has 0 aromatic heterocycles. The van der Waals surface area contributed by atoms with E-state index in [-0.39, 0.29) is 6.42 Å². The van der Waals surface area contributed by atoms with Crippen LogP contribution in [0.2, 0.25) is 0 Å². The number of ether oxygens (including phenoxy) is 1. The molecule has 1 unspecified atom stereocenters. The lowest BCUT2D eigenvalue weighted by Crippen LogP contribution is -2.32. The molecule has 18 heavy (non-hydrogen) atoms. The van der Waals surface area contributed by atoms with Gasteiger partial charge in [0.2, 0.25) is 0 Å². The van der Waals surface area contributed by atoms with Crippen molar-refractivity contribution in [3.8, 4) is 5.75 Å². The third-order valence-electron chi connectivity index (χ3n) is 2.78. The first kappa shape index (κ1) is 15.0. The molecule has 0 amide bonds. The Hall–Kier alpha value is -1.07. The molecule has 0 aliphatic carbocycles. The Morgan fingerprint density at radius 2 is 2.11 bits per heavy atom. The maximum atomic E-state index is 10.8. The maximum absolute atomic E-state index is 10.8. The first-order valence-corrected chi connectivity index (χ1v) is 6.50. The number of carbonyl (C=O) groups is 1. The lowest BCUT2D eigenvalue weighted by Gasteiger charge is -2.15. The number of benzene rings is 1. The SMILES string of the molecule is COc1cc(C(C)C)cc(CC(N)C(=O)O)c1Br. The second kappa shape index (κ2) is 6.20. The van der Waals surface area contributed by atoms with Gasteiger partial charge in [-0.25, -0.2) is 0 Å². The van der Waals surface area contributed by atoms with E-state index in [1.807, 2.05) is 12.1 Å². The van der Waals surface area contributed by atoms with Gasteiger partial charge in [0.15, 0.2) is 0 Å². The fourth-order valence-corrected chi connectivity index (χ4v) is 2.19. The van der Waals surface area contributed by atoms with Crippen LogP contribution in [0.1, 0.15) is 30.9 Å². The highest BCUT2D eigenvalue weighted by molar-refractivity contribution is 9.10. The number of rotatable bonds is 5. The summed E-state index contributed by atoms with van der Waals surface area (Å²) >= 11 is 3.43. The quantitative estimate of drug-likeness (QED) is 0.875. The number of hydrogen-bond donors (Lipinski definition) is 2. The predicted octanol–water partition coefficient (Wildman–Crippen LogP) is 2.54. The van der Waals surface area contributed by atoms with E-state index in [1.54, 1.807) is 7.11 Å². The average Bonchev–Trinajstić information content (AvgIpc) is 2.31. The topological polar surface area (TPSA) is 72.5 Å². The van der Waals surface area contributed by atoms with Gasteiger partial charge >= 0.3 is 5.97 Å². The summed E-state index contributed by atoms with van der Waals surface area (Å²) < 4.78 is 6.05. The van der Waals surface area contributed by atoms with E-state index in [4.69, 9.17) is 15.6 Å². The molecule has 0 heterocycles. The summed E-state index contributed by atoms with van der Waals surface area (Å²) in [6.07, 6.45) is 0.271. The average molecular weight is 316 g/mol. The fourth-order valence-electron chi connectivity index (χ4n) is 1.63. The van der Waals surface area contributed by atoms with Crippen LogP contribution in [-0.2, 0) is 11.2 Å². The molecule has 0 saturated heterocycles. The third kappa shape index (κ3) is 3.46. The second-order valence-corrected chi connectivity index (χ2v) is 5.29. The number of nitrogens with two attached hydrogens (primary N) is 1. The molecular formula is C13H18BrNO3.